The van der Waals surface area contributed by atoms with E-state index in [4.69, 9.17) is 14.2 Å². The van der Waals surface area contributed by atoms with E-state index >= 15 is 0 Å². The van der Waals surface area contributed by atoms with Gasteiger partial charge in [0.2, 0.25) is 0 Å². The van der Waals surface area contributed by atoms with Crippen molar-refractivity contribution in [1.29, 1.82) is 0 Å². The highest BCUT2D eigenvalue weighted by Crippen LogP contribution is 2.45. The van der Waals surface area contributed by atoms with Crippen LogP contribution in [-0.4, -0.2) is 24.9 Å². The van der Waals surface area contributed by atoms with Gasteiger partial charge in [-0.25, -0.2) is 0 Å². The largest absolute Gasteiger partial charge is 0.507 e. The average Bonchev–Trinajstić information content (AvgIpc) is 3.18. The molecule has 0 unspecified atom stereocenters. The van der Waals surface area contributed by atoms with Gasteiger partial charge in [-0.2, -0.15) is 0 Å². The zero-order valence-electron chi connectivity index (χ0n) is 42.4. The Kier molecular flexibility index (Phi) is 15.9. The molecule has 8 bridgehead atoms. The van der Waals surface area contributed by atoms with Crippen LogP contribution in [0.1, 0.15) is 222 Å². The van der Waals surface area contributed by atoms with Gasteiger partial charge >= 0.3 is 0 Å². The lowest BCUT2D eigenvalue weighted by molar-refractivity contribution is 0.306. The molecule has 0 aliphatic heterocycles. The highest BCUT2D eigenvalue weighted by molar-refractivity contribution is 5.64. The summed E-state index contributed by atoms with van der Waals surface area (Å²) in [4.78, 5) is 0. The Morgan fingerprint density at radius 1 is 0.460 bits per heavy atom. The number of phenols is 1. The molecule has 342 valence electrons. The number of hydrogen-bond acceptors (Lipinski definition) is 4. The average molecular weight is 855 g/mol. The predicted molar refractivity (Wildman–Crippen MR) is 267 cm³/mol. The fourth-order valence-corrected chi connectivity index (χ4v) is 8.57. The van der Waals surface area contributed by atoms with Crippen LogP contribution >= 0.6 is 0 Å². The normalized spacial score (nSPS) is 13.3. The molecule has 0 radical (unpaired) electrons. The van der Waals surface area contributed by atoms with Crippen molar-refractivity contribution in [3.05, 3.63) is 115 Å². The van der Waals surface area contributed by atoms with Gasteiger partial charge < -0.3 is 19.3 Å². The first kappa shape index (κ1) is 49.7. The van der Waals surface area contributed by atoms with E-state index in [-0.39, 0.29) is 21.7 Å². The van der Waals surface area contributed by atoms with Crippen LogP contribution in [0.5, 0.6) is 23.0 Å². The monoisotopic (exact) mass is 855 g/mol. The fourth-order valence-electron chi connectivity index (χ4n) is 8.57. The molecular weight excluding hydrogens is 773 g/mol. The third-order valence-corrected chi connectivity index (χ3v) is 12.3. The predicted octanol–water partition coefficient (Wildman–Crippen LogP) is 15.2. The van der Waals surface area contributed by atoms with Gasteiger partial charge in [-0.1, -0.05) is 165 Å². The minimum Gasteiger partial charge on any atom is -0.507 e. The number of ether oxygens (including phenoxy) is 3. The second-order valence-corrected chi connectivity index (χ2v) is 22.3. The first-order valence-corrected chi connectivity index (χ1v) is 24.3. The van der Waals surface area contributed by atoms with Crippen LogP contribution in [0.15, 0.2) is 42.5 Å². The molecule has 0 amide bonds. The van der Waals surface area contributed by atoms with Gasteiger partial charge in [0.25, 0.3) is 0 Å². The minimum atomic E-state index is -0.241. The molecule has 1 N–H and O–H groups in total. The van der Waals surface area contributed by atoms with Crippen LogP contribution in [0.4, 0.5) is 0 Å². The smallest absolute Gasteiger partial charge is 0.126 e. The Morgan fingerprint density at radius 2 is 0.810 bits per heavy atom. The number of fused-ring (bicyclic) bond motifs is 8. The Morgan fingerprint density at radius 3 is 1.13 bits per heavy atom. The first-order chi connectivity index (χ1) is 29.5. The summed E-state index contributed by atoms with van der Waals surface area (Å²) in [5, 5.41) is 13.0. The van der Waals surface area contributed by atoms with Crippen molar-refractivity contribution in [3.8, 4) is 34.8 Å². The van der Waals surface area contributed by atoms with Gasteiger partial charge in [-0.15, -0.1) is 0 Å². The van der Waals surface area contributed by atoms with Crippen molar-refractivity contribution < 1.29 is 19.3 Å². The molecule has 4 nitrogen and oxygen atoms in total. The molecule has 63 heavy (non-hydrogen) atoms. The van der Waals surface area contributed by atoms with E-state index in [1.807, 2.05) is 0 Å². The summed E-state index contributed by atoms with van der Waals surface area (Å²) < 4.78 is 20.8. The molecule has 0 aromatic heterocycles. The van der Waals surface area contributed by atoms with Crippen LogP contribution in [-0.2, 0) is 47.3 Å². The Hall–Kier alpha value is -4.36. The molecule has 0 fully saturated rings. The second kappa shape index (κ2) is 20.2. The van der Waals surface area contributed by atoms with E-state index in [0.717, 1.165) is 100 Å². The Labute approximate surface area is 384 Å². The molecule has 1 aliphatic rings. The molecule has 0 heterocycles. The quantitative estimate of drug-likeness (QED) is 0.106. The van der Waals surface area contributed by atoms with Crippen LogP contribution in [0.2, 0.25) is 0 Å². The summed E-state index contributed by atoms with van der Waals surface area (Å²) in [7, 11) is 0. The lowest BCUT2D eigenvalue weighted by atomic mass is 9.77. The van der Waals surface area contributed by atoms with E-state index < -0.39 is 0 Å². The standard InChI is InChI=1S/C59H82O4/c1-17-21-22-23-24-49-50-37-45-36-48(58(11,12)13)35-44(55(45)63-27-20-4)30-43-34-47(57(8,9)10)33-42(54(43)62-26-19-3)29-41-32-46(56(5,6)7)31-40(53(41)61-25-18-2)28-39(52(50)60)38-51(49)59(14,15)16/h31-36,38,60H,17-22,25-30,37H2,1-16H3. The molecular formula is C59H82O4. The molecule has 0 saturated heterocycles. The van der Waals surface area contributed by atoms with Crippen molar-refractivity contribution >= 4 is 0 Å². The first-order valence-electron chi connectivity index (χ1n) is 24.3. The number of phenolic OH excluding ortho intramolecular Hbond substituents is 1. The summed E-state index contributed by atoms with van der Waals surface area (Å²) in [6.45, 7) is 38.1. The minimum absolute atomic E-state index is 0.104. The number of rotatable bonds is 11. The summed E-state index contributed by atoms with van der Waals surface area (Å²) >= 11 is 0. The maximum atomic E-state index is 13.0. The molecule has 0 atom stereocenters. The lowest BCUT2D eigenvalue weighted by Crippen LogP contribution is -2.18. The number of benzene rings is 4. The molecule has 0 spiro atoms. The van der Waals surface area contributed by atoms with E-state index in [1.165, 1.54) is 27.8 Å². The lowest BCUT2D eigenvalue weighted by Gasteiger charge is -2.29. The Balaban J connectivity index is 2.05. The van der Waals surface area contributed by atoms with Crippen LogP contribution < -0.4 is 14.2 Å². The third-order valence-electron chi connectivity index (χ3n) is 12.3. The molecule has 4 aromatic rings. The van der Waals surface area contributed by atoms with Crippen LogP contribution in [0.3, 0.4) is 0 Å². The number of hydrogen-bond donors (Lipinski definition) is 1. The van der Waals surface area contributed by atoms with Crippen molar-refractivity contribution in [2.75, 3.05) is 19.8 Å². The van der Waals surface area contributed by atoms with Crippen molar-refractivity contribution in [3.63, 3.8) is 0 Å². The molecule has 0 saturated carbocycles. The molecule has 4 aromatic carbocycles. The topological polar surface area (TPSA) is 47.9 Å². The zero-order chi connectivity index (χ0) is 46.5. The molecule has 1 aliphatic carbocycles. The number of aromatic hydroxyl groups is 1. The third kappa shape index (κ3) is 12.1. The van der Waals surface area contributed by atoms with E-state index in [1.54, 1.807) is 0 Å². The van der Waals surface area contributed by atoms with Crippen molar-refractivity contribution in [2.45, 2.75) is 197 Å². The van der Waals surface area contributed by atoms with Crippen LogP contribution in [0.25, 0.3) is 0 Å². The van der Waals surface area contributed by atoms with Gasteiger partial charge in [0.05, 0.1) is 19.8 Å². The van der Waals surface area contributed by atoms with E-state index in [2.05, 4.69) is 165 Å². The van der Waals surface area contributed by atoms with Crippen molar-refractivity contribution in [1.82, 2.24) is 0 Å². The van der Waals surface area contributed by atoms with Crippen LogP contribution in [0, 0.1) is 11.8 Å². The maximum Gasteiger partial charge on any atom is 0.126 e. The van der Waals surface area contributed by atoms with Crippen molar-refractivity contribution in [2.24, 2.45) is 0 Å². The SMILES string of the molecule is CCCCC#Cc1c(C(C)(C)C)cc2c(O)c1Cc1cc(C(C)(C)C)cc(c1OCCC)Cc1cc(C(C)(C)C)cc(c1OCCC)Cc1cc(C(C)(C)C)cc(c1OCCC)C2. The summed E-state index contributed by atoms with van der Waals surface area (Å²) in [5.74, 6) is 10.3. The van der Waals surface area contributed by atoms with E-state index in [0.29, 0.717) is 51.3 Å². The highest BCUT2D eigenvalue weighted by atomic mass is 16.5. The fraction of sp³-hybridized carbons (Fsp3) is 0.559. The zero-order valence-corrected chi connectivity index (χ0v) is 42.4. The van der Waals surface area contributed by atoms with Gasteiger partial charge in [0, 0.05) is 43.2 Å². The second-order valence-electron chi connectivity index (χ2n) is 22.3. The van der Waals surface area contributed by atoms with Gasteiger partial charge in [-0.3, -0.25) is 0 Å². The summed E-state index contributed by atoms with van der Waals surface area (Å²) in [5.41, 5.74) is 13.8. The molecule has 4 heteroatoms. The maximum absolute atomic E-state index is 13.0. The molecule has 5 rings (SSSR count). The summed E-state index contributed by atoms with van der Waals surface area (Å²) in [6, 6.07) is 16.5. The van der Waals surface area contributed by atoms with Gasteiger partial charge in [0.1, 0.15) is 23.0 Å². The highest BCUT2D eigenvalue weighted by Gasteiger charge is 2.30. The van der Waals surface area contributed by atoms with Gasteiger partial charge in [0.15, 0.2) is 0 Å². The van der Waals surface area contributed by atoms with E-state index in [9.17, 15) is 5.11 Å². The van der Waals surface area contributed by atoms with Gasteiger partial charge in [-0.05, 0) is 115 Å². The Bertz CT molecular complexity index is 2280. The summed E-state index contributed by atoms with van der Waals surface area (Å²) in [6.07, 6.45) is 7.90. The number of unbranched alkanes of at least 4 members (excludes halogenated alkanes) is 2.